The second-order valence-corrected chi connectivity index (χ2v) is 7.08. The Balaban J connectivity index is 2.09. The Hall–Kier alpha value is -2.93. The Morgan fingerprint density at radius 3 is 2.50 bits per heavy atom. The molecule has 0 saturated heterocycles. The molecule has 0 saturated carbocycles. The summed E-state index contributed by atoms with van der Waals surface area (Å²) in [6.45, 7) is 1.68. The van der Waals surface area contributed by atoms with Crippen molar-refractivity contribution < 1.29 is 51.6 Å². The summed E-state index contributed by atoms with van der Waals surface area (Å²) in [5.41, 5.74) is -0.942. The molecule has 15 heteroatoms. The number of halogens is 5. The molecule has 1 aliphatic rings. The first-order chi connectivity index (χ1) is 14.8. The molecule has 0 aliphatic carbocycles. The van der Waals surface area contributed by atoms with Crippen molar-refractivity contribution in [2.75, 3.05) is 6.61 Å². The van der Waals surface area contributed by atoms with Gasteiger partial charge in [-0.1, -0.05) is 23.2 Å². The first kappa shape index (κ1) is 25.3. The fraction of sp³-hybridized carbons (Fsp3) is 0.412. The van der Waals surface area contributed by atoms with Crippen molar-refractivity contribution in [1.82, 2.24) is 0 Å². The highest BCUT2D eigenvalue weighted by Crippen LogP contribution is 2.42. The Kier molecular flexibility index (Phi) is 8.02. The van der Waals surface area contributed by atoms with Crippen LogP contribution in [0.4, 0.5) is 18.0 Å². The summed E-state index contributed by atoms with van der Waals surface area (Å²) < 4.78 is 59.1. The number of nitrogens with zero attached hydrogens (tertiary/aromatic N) is 1. The number of alkyl halides is 3. The van der Waals surface area contributed by atoms with Crippen molar-refractivity contribution in [2.24, 2.45) is 0 Å². The van der Waals surface area contributed by atoms with Gasteiger partial charge in [0.1, 0.15) is 18.5 Å². The molecule has 0 spiro atoms. The highest BCUT2D eigenvalue weighted by Gasteiger charge is 2.49. The van der Waals surface area contributed by atoms with E-state index in [1.54, 1.807) is 0 Å². The number of hydrogen-bond acceptors (Lipinski definition) is 9. The van der Waals surface area contributed by atoms with Gasteiger partial charge in [-0.2, -0.15) is 13.2 Å². The lowest BCUT2D eigenvalue weighted by atomic mass is 10.0. The van der Waals surface area contributed by atoms with Gasteiger partial charge in [-0.25, -0.2) is 9.59 Å². The molecule has 1 aliphatic heterocycles. The van der Waals surface area contributed by atoms with Crippen molar-refractivity contribution in [1.29, 1.82) is 0 Å². The van der Waals surface area contributed by atoms with Crippen LogP contribution in [-0.2, 0) is 23.8 Å². The predicted octanol–water partition coefficient (Wildman–Crippen LogP) is 4.34. The molecule has 0 aromatic heterocycles. The van der Waals surface area contributed by atoms with Crippen molar-refractivity contribution in [3.05, 3.63) is 43.4 Å². The number of benzene rings is 1. The molecule has 176 valence electrons. The first-order valence-corrected chi connectivity index (χ1v) is 9.33. The van der Waals surface area contributed by atoms with Crippen molar-refractivity contribution in [3.8, 4) is 5.75 Å². The van der Waals surface area contributed by atoms with Crippen LogP contribution in [0.15, 0.2) is 17.7 Å². The van der Waals surface area contributed by atoms with Crippen LogP contribution >= 0.6 is 23.2 Å². The average Bonchev–Trinajstić information content (AvgIpc) is 2.63. The second kappa shape index (κ2) is 10.1. The van der Waals surface area contributed by atoms with E-state index in [1.807, 2.05) is 0 Å². The van der Waals surface area contributed by atoms with Crippen LogP contribution in [-0.4, -0.2) is 48.5 Å². The predicted molar refractivity (Wildman–Crippen MR) is 100 cm³/mol. The zero-order valence-electron chi connectivity index (χ0n) is 16.2. The Labute approximate surface area is 187 Å². The second-order valence-electron chi connectivity index (χ2n) is 6.24. The van der Waals surface area contributed by atoms with Crippen LogP contribution in [0.1, 0.15) is 19.4 Å². The molecule has 10 nitrogen and oxygen atoms in total. The summed E-state index contributed by atoms with van der Waals surface area (Å²) in [6, 6.07) is 2.40. The fourth-order valence-electron chi connectivity index (χ4n) is 2.42. The molecule has 32 heavy (non-hydrogen) atoms. The SMILES string of the molecule is CC(COC(=O)OC(C)OC(=O)C1=Cc2cc(Cl)cc(Cl)c2O[C@@H]1C(F)(F)F)O[N+](=O)[O-]. The molecule has 0 bridgehead atoms. The minimum atomic E-state index is -5.01. The monoisotopic (exact) mass is 503 g/mol. The van der Waals surface area contributed by atoms with Crippen LogP contribution in [0.5, 0.6) is 5.75 Å². The quantitative estimate of drug-likeness (QED) is 0.231. The average molecular weight is 504 g/mol. The van der Waals surface area contributed by atoms with E-state index in [-0.39, 0.29) is 21.4 Å². The van der Waals surface area contributed by atoms with Crippen molar-refractivity contribution in [2.45, 2.75) is 38.5 Å². The zero-order chi connectivity index (χ0) is 24.2. The minimum absolute atomic E-state index is 0.00251. The zero-order valence-corrected chi connectivity index (χ0v) is 17.7. The maximum atomic E-state index is 13.5. The highest BCUT2D eigenvalue weighted by atomic mass is 35.5. The Bertz CT molecular complexity index is 939. The number of hydrogen-bond donors (Lipinski definition) is 0. The molecule has 1 aromatic carbocycles. The van der Waals surface area contributed by atoms with Crippen molar-refractivity contribution in [3.63, 3.8) is 0 Å². The maximum Gasteiger partial charge on any atom is 0.511 e. The van der Waals surface area contributed by atoms with Crippen LogP contribution in [0, 0.1) is 10.1 Å². The van der Waals surface area contributed by atoms with Gasteiger partial charge >= 0.3 is 18.3 Å². The maximum absolute atomic E-state index is 13.5. The van der Waals surface area contributed by atoms with Crippen LogP contribution in [0.3, 0.4) is 0 Å². The normalized spacial score (nSPS) is 17.1. The lowest BCUT2D eigenvalue weighted by molar-refractivity contribution is -0.767. The summed E-state index contributed by atoms with van der Waals surface area (Å²) >= 11 is 11.7. The summed E-state index contributed by atoms with van der Waals surface area (Å²) in [5, 5.41) is 8.95. The van der Waals surface area contributed by atoms with Gasteiger partial charge in [0.25, 0.3) is 5.09 Å². The largest absolute Gasteiger partial charge is 0.511 e. The van der Waals surface area contributed by atoms with E-state index < -0.39 is 54.1 Å². The number of carbonyl (C=O) groups excluding carboxylic acids is 2. The molecule has 0 fully saturated rings. The van der Waals surface area contributed by atoms with Gasteiger partial charge in [0.2, 0.25) is 12.4 Å². The van der Waals surface area contributed by atoms with Gasteiger partial charge < -0.3 is 23.8 Å². The molecular weight excluding hydrogens is 490 g/mol. The van der Waals surface area contributed by atoms with E-state index in [0.29, 0.717) is 0 Å². The lowest BCUT2D eigenvalue weighted by Crippen LogP contribution is -2.41. The number of rotatable bonds is 7. The van der Waals surface area contributed by atoms with E-state index in [0.717, 1.165) is 13.0 Å². The number of fused-ring (bicyclic) bond motifs is 1. The standard InChI is InChI=1S/C17H14Cl2F3NO9/c1-7(32-23(26)27)6-28-16(25)30-8(2)29-15(24)11-4-9-3-10(18)5-12(19)13(9)31-14(11)17(20,21)22/h3-5,7-8,14H,6H2,1-2H3/t7?,8?,14-/m0/s1. The van der Waals surface area contributed by atoms with Crippen molar-refractivity contribution >= 4 is 41.4 Å². The topological polar surface area (TPSA) is 123 Å². The van der Waals surface area contributed by atoms with E-state index in [1.165, 1.54) is 19.1 Å². The minimum Gasteiger partial charge on any atom is -0.474 e. The number of esters is 1. The molecule has 3 atom stereocenters. The smallest absolute Gasteiger partial charge is 0.474 e. The van der Waals surface area contributed by atoms with Gasteiger partial charge in [-0.15, -0.1) is 10.1 Å². The summed E-state index contributed by atoms with van der Waals surface area (Å²) in [4.78, 5) is 38.2. The van der Waals surface area contributed by atoms with E-state index in [2.05, 4.69) is 14.3 Å². The summed E-state index contributed by atoms with van der Waals surface area (Å²) in [6.07, 6.45) is -11.1. The molecule has 2 rings (SSSR count). The fourth-order valence-corrected chi connectivity index (χ4v) is 2.97. The Morgan fingerprint density at radius 2 is 1.91 bits per heavy atom. The lowest BCUT2D eigenvalue weighted by Gasteiger charge is -2.29. The molecular formula is C17H14Cl2F3NO9. The van der Waals surface area contributed by atoms with E-state index in [9.17, 15) is 32.9 Å². The van der Waals surface area contributed by atoms with E-state index in [4.69, 9.17) is 32.7 Å². The van der Waals surface area contributed by atoms with Crippen LogP contribution in [0.25, 0.3) is 6.08 Å². The first-order valence-electron chi connectivity index (χ1n) is 8.57. The Morgan fingerprint density at radius 1 is 1.25 bits per heavy atom. The van der Waals surface area contributed by atoms with Gasteiger partial charge in [-0.3, -0.25) is 0 Å². The van der Waals surface area contributed by atoms with Gasteiger partial charge in [0.15, 0.2) is 0 Å². The molecule has 0 N–H and O–H groups in total. The van der Waals surface area contributed by atoms with E-state index >= 15 is 0 Å². The van der Waals surface area contributed by atoms with Gasteiger partial charge in [-0.05, 0) is 25.1 Å². The van der Waals surface area contributed by atoms with Crippen LogP contribution < -0.4 is 4.74 Å². The van der Waals surface area contributed by atoms with Gasteiger partial charge in [0, 0.05) is 17.5 Å². The highest BCUT2D eigenvalue weighted by molar-refractivity contribution is 6.36. The molecule has 0 amide bonds. The molecule has 0 radical (unpaired) electrons. The third kappa shape index (κ3) is 6.79. The summed E-state index contributed by atoms with van der Waals surface area (Å²) in [7, 11) is 0. The summed E-state index contributed by atoms with van der Waals surface area (Å²) in [5.74, 6) is -1.83. The van der Waals surface area contributed by atoms with Crippen LogP contribution in [0.2, 0.25) is 10.0 Å². The van der Waals surface area contributed by atoms with Gasteiger partial charge in [0.05, 0.1) is 10.6 Å². The number of carbonyl (C=O) groups is 2. The number of ether oxygens (including phenoxy) is 4. The third-order valence-corrected chi connectivity index (χ3v) is 4.14. The molecule has 2 unspecified atom stereocenters. The molecule has 1 aromatic rings. The third-order valence-electron chi connectivity index (χ3n) is 3.64. The molecule has 1 heterocycles.